The van der Waals surface area contributed by atoms with Crippen molar-refractivity contribution in [3.63, 3.8) is 0 Å². The summed E-state index contributed by atoms with van der Waals surface area (Å²) in [7, 11) is -2.87. The Kier molecular flexibility index (Phi) is 2.83. The van der Waals surface area contributed by atoms with Gasteiger partial charge in [0.15, 0.2) is 9.84 Å². The molecule has 1 aliphatic heterocycles. The second-order valence-electron chi connectivity index (χ2n) is 3.31. The van der Waals surface area contributed by atoms with Gasteiger partial charge in [0.25, 0.3) is 0 Å². The van der Waals surface area contributed by atoms with Gasteiger partial charge in [-0.15, -0.1) is 11.3 Å². The highest BCUT2D eigenvalue weighted by molar-refractivity contribution is 7.91. The lowest BCUT2D eigenvalue weighted by Gasteiger charge is -2.22. The minimum Gasteiger partial charge on any atom is -0.308 e. The Balaban J connectivity index is 2.20. The van der Waals surface area contributed by atoms with Crippen molar-refractivity contribution in [2.75, 3.05) is 18.1 Å². The molecule has 0 bridgehead atoms. The van der Waals surface area contributed by atoms with Crippen LogP contribution in [0.4, 0.5) is 0 Å². The average Bonchev–Trinajstić information content (AvgIpc) is 2.50. The topological polar surface area (TPSA) is 46.2 Å². The molecular weight excluding hydrogens is 242 g/mol. The van der Waals surface area contributed by atoms with Crippen LogP contribution in [-0.4, -0.2) is 26.5 Å². The summed E-state index contributed by atoms with van der Waals surface area (Å²) in [5.41, 5.74) is 0.975. The first-order valence-corrected chi connectivity index (χ1v) is 7.32. The number of hydrogen-bond donors (Lipinski definition) is 1. The third kappa shape index (κ3) is 2.28. The van der Waals surface area contributed by atoms with Crippen molar-refractivity contribution in [1.82, 2.24) is 5.32 Å². The van der Waals surface area contributed by atoms with Crippen molar-refractivity contribution in [2.45, 2.75) is 6.04 Å². The SMILES string of the molecule is O=S1(=O)CCNC(c2csc(Cl)c2)C1. The molecule has 1 unspecified atom stereocenters. The molecule has 1 N–H and O–H groups in total. The monoisotopic (exact) mass is 251 g/mol. The third-order valence-electron chi connectivity index (χ3n) is 2.21. The zero-order valence-corrected chi connectivity index (χ0v) is 9.75. The number of sulfone groups is 1. The Hall–Kier alpha value is -0.100. The van der Waals surface area contributed by atoms with E-state index in [0.29, 0.717) is 10.9 Å². The fraction of sp³-hybridized carbons (Fsp3) is 0.500. The number of hydrogen-bond acceptors (Lipinski definition) is 4. The van der Waals surface area contributed by atoms with E-state index in [1.54, 1.807) is 0 Å². The normalized spacial score (nSPS) is 26.2. The molecule has 3 nitrogen and oxygen atoms in total. The molecule has 2 heterocycles. The maximum absolute atomic E-state index is 11.4. The van der Waals surface area contributed by atoms with Crippen LogP contribution in [0.3, 0.4) is 0 Å². The maximum Gasteiger partial charge on any atom is 0.153 e. The van der Waals surface area contributed by atoms with E-state index in [1.807, 2.05) is 11.4 Å². The zero-order valence-electron chi connectivity index (χ0n) is 7.36. The summed E-state index contributed by atoms with van der Waals surface area (Å²) in [5.74, 6) is 0.418. The molecule has 1 atom stereocenters. The lowest BCUT2D eigenvalue weighted by atomic mass is 10.2. The fourth-order valence-corrected chi connectivity index (χ4v) is 3.86. The van der Waals surface area contributed by atoms with Gasteiger partial charge in [0.05, 0.1) is 15.8 Å². The molecule has 0 aromatic carbocycles. The summed E-state index contributed by atoms with van der Waals surface area (Å²) in [6, 6.07) is 1.74. The van der Waals surface area contributed by atoms with E-state index in [1.165, 1.54) is 11.3 Å². The molecule has 14 heavy (non-hydrogen) atoms. The van der Waals surface area contributed by atoms with Crippen LogP contribution >= 0.6 is 22.9 Å². The summed E-state index contributed by atoms with van der Waals surface area (Å²) >= 11 is 7.22. The van der Waals surface area contributed by atoms with Gasteiger partial charge in [-0.25, -0.2) is 8.42 Å². The Labute approximate surface area is 92.0 Å². The first kappa shape index (κ1) is 10.4. The Bertz CT molecular complexity index is 426. The molecule has 1 saturated heterocycles. The summed E-state index contributed by atoms with van der Waals surface area (Å²) < 4.78 is 23.4. The predicted octanol–water partition coefficient (Wildman–Crippen LogP) is 1.46. The zero-order chi connectivity index (χ0) is 10.2. The van der Waals surface area contributed by atoms with Crippen molar-refractivity contribution >= 4 is 32.8 Å². The predicted molar refractivity (Wildman–Crippen MR) is 58.7 cm³/mol. The number of halogens is 1. The number of thiophene rings is 1. The minimum atomic E-state index is -2.87. The molecule has 6 heteroatoms. The molecule has 0 spiro atoms. The van der Waals surface area contributed by atoms with E-state index in [2.05, 4.69) is 5.32 Å². The molecular formula is C8H10ClNO2S2. The van der Waals surface area contributed by atoms with Gasteiger partial charge in [-0.05, 0) is 17.0 Å². The van der Waals surface area contributed by atoms with Crippen LogP contribution in [0.1, 0.15) is 11.6 Å². The van der Waals surface area contributed by atoms with Gasteiger partial charge >= 0.3 is 0 Å². The van der Waals surface area contributed by atoms with E-state index in [9.17, 15) is 8.42 Å². The van der Waals surface area contributed by atoms with E-state index in [0.717, 1.165) is 5.56 Å². The lowest BCUT2D eigenvalue weighted by molar-refractivity contribution is 0.531. The summed E-state index contributed by atoms with van der Waals surface area (Å²) in [6.07, 6.45) is 0. The van der Waals surface area contributed by atoms with Crippen molar-refractivity contribution in [1.29, 1.82) is 0 Å². The van der Waals surface area contributed by atoms with E-state index < -0.39 is 9.84 Å². The second-order valence-corrected chi connectivity index (χ2v) is 7.08. The molecule has 0 amide bonds. The van der Waals surface area contributed by atoms with Crippen molar-refractivity contribution in [3.05, 3.63) is 21.3 Å². The Morgan fingerprint density at radius 1 is 1.57 bits per heavy atom. The Morgan fingerprint density at radius 3 is 2.93 bits per heavy atom. The fourth-order valence-electron chi connectivity index (χ4n) is 1.51. The van der Waals surface area contributed by atoms with Crippen LogP contribution in [0, 0.1) is 0 Å². The van der Waals surface area contributed by atoms with E-state index >= 15 is 0 Å². The van der Waals surface area contributed by atoms with Crippen LogP contribution in [0.5, 0.6) is 0 Å². The van der Waals surface area contributed by atoms with Gasteiger partial charge in [0.1, 0.15) is 0 Å². The second kappa shape index (κ2) is 3.81. The number of nitrogens with one attached hydrogen (secondary N) is 1. The van der Waals surface area contributed by atoms with Gasteiger partial charge in [-0.3, -0.25) is 0 Å². The average molecular weight is 252 g/mol. The van der Waals surface area contributed by atoms with E-state index in [4.69, 9.17) is 11.6 Å². The smallest absolute Gasteiger partial charge is 0.153 e. The van der Waals surface area contributed by atoms with Crippen molar-refractivity contribution in [3.8, 4) is 0 Å². The van der Waals surface area contributed by atoms with Crippen LogP contribution < -0.4 is 5.32 Å². The molecule has 1 aliphatic rings. The minimum absolute atomic E-state index is 0.0856. The first-order valence-electron chi connectivity index (χ1n) is 4.24. The summed E-state index contributed by atoms with van der Waals surface area (Å²) in [6.45, 7) is 0.528. The quantitative estimate of drug-likeness (QED) is 0.822. The third-order valence-corrected chi connectivity index (χ3v) is 4.99. The van der Waals surface area contributed by atoms with Gasteiger partial charge in [0.2, 0.25) is 0 Å². The summed E-state index contributed by atoms with van der Waals surface area (Å²) in [5, 5.41) is 5.08. The highest BCUT2D eigenvalue weighted by atomic mass is 35.5. The molecule has 1 fully saturated rings. The molecule has 1 aromatic rings. The largest absolute Gasteiger partial charge is 0.308 e. The lowest BCUT2D eigenvalue weighted by Crippen LogP contribution is -2.38. The molecule has 2 rings (SSSR count). The van der Waals surface area contributed by atoms with Gasteiger partial charge in [-0.2, -0.15) is 0 Å². The van der Waals surface area contributed by atoms with Crippen LogP contribution in [0.2, 0.25) is 4.34 Å². The molecule has 0 radical (unpaired) electrons. The highest BCUT2D eigenvalue weighted by Crippen LogP contribution is 2.26. The standard InChI is InChI=1S/C8H10ClNO2S2/c9-8-3-6(4-13-8)7-5-14(11,12)2-1-10-7/h3-4,7,10H,1-2,5H2. The van der Waals surface area contributed by atoms with Crippen molar-refractivity contribution in [2.24, 2.45) is 0 Å². The van der Waals surface area contributed by atoms with Crippen LogP contribution in [0.25, 0.3) is 0 Å². The maximum atomic E-state index is 11.4. The number of rotatable bonds is 1. The van der Waals surface area contributed by atoms with Gasteiger partial charge < -0.3 is 5.32 Å². The molecule has 78 valence electrons. The molecule has 1 aromatic heterocycles. The van der Waals surface area contributed by atoms with Gasteiger partial charge in [0, 0.05) is 12.6 Å². The highest BCUT2D eigenvalue weighted by Gasteiger charge is 2.25. The summed E-state index contributed by atoms with van der Waals surface area (Å²) in [4.78, 5) is 0. The first-order chi connectivity index (χ1) is 6.57. The Morgan fingerprint density at radius 2 is 2.36 bits per heavy atom. The molecule has 0 saturated carbocycles. The van der Waals surface area contributed by atoms with Crippen LogP contribution in [-0.2, 0) is 9.84 Å². The van der Waals surface area contributed by atoms with Crippen LogP contribution in [0.15, 0.2) is 11.4 Å². The van der Waals surface area contributed by atoms with E-state index in [-0.39, 0.29) is 17.5 Å². The molecule has 0 aliphatic carbocycles. The van der Waals surface area contributed by atoms with Crippen molar-refractivity contribution < 1.29 is 8.42 Å². The van der Waals surface area contributed by atoms with Gasteiger partial charge in [-0.1, -0.05) is 11.6 Å².